The summed E-state index contributed by atoms with van der Waals surface area (Å²) < 4.78 is 11.3. The van der Waals surface area contributed by atoms with E-state index < -0.39 is 5.25 Å². The predicted octanol–water partition coefficient (Wildman–Crippen LogP) is 5.20. The number of benzene rings is 2. The van der Waals surface area contributed by atoms with Crippen LogP contribution in [0.2, 0.25) is 0 Å². The molecule has 0 spiro atoms. The second-order valence-corrected chi connectivity index (χ2v) is 8.87. The Morgan fingerprint density at radius 1 is 1.19 bits per heavy atom. The average Bonchev–Trinajstić information content (AvgIpc) is 3.42. The number of hydrogen-bond donors (Lipinski definition) is 1. The third-order valence-corrected chi connectivity index (χ3v) is 5.94. The van der Waals surface area contributed by atoms with Crippen molar-refractivity contribution in [2.75, 3.05) is 5.32 Å². The number of aromatic nitrogens is 3. The van der Waals surface area contributed by atoms with Gasteiger partial charge in [-0.1, -0.05) is 54.2 Å². The van der Waals surface area contributed by atoms with Gasteiger partial charge in [0.25, 0.3) is 11.1 Å². The molecule has 0 saturated heterocycles. The van der Waals surface area contributed by atoms with E-state index >= 15 is 0 Å². The van der Waals surface area contributed by atoms with Crippen LogP contribution in [0.4, 0.5) is 5.13 Å². The van der Waals surface area contributed by atoms with Gasteiger partial charge in [-0.2, -0.15) is 0 Å². The number of anilines is 1. The minimum Gasteiger partial charge on any atom is -0.484 e. The van der Waals surface area contributed by atoms with Gasteiger partial charge in [-0.05, 0) is 31.5 Å². The maximum atomic E-state index is 12.5. The van der Waals surface area contributed by atoms with E-state index in [0.717, 1.165) is 22.6 Å². The van der Waals surface area contributed by atoms with Gasteiger partial charge in [-0.3, -0.25) is 4.79 Å². The summed E-state index contributed by atoms with van der Waals surface area (Å²) in [5, 5.41) is 13.2. The van der Waals surface area contributed by atoms with E-state index in [1.807, 2.05) is 66.9 Å². The van der Waals surface area contributed by atoms with E-state index in [0.29, 0.717) is 16.2 Å². The third kappa shape index (κ3) is 5.71. The number of amides is 1. The number of thioether (sulfide) groups is 1. The lowest BCUT2D eigenvalue weighted by Gasteiger charge is -2.07. The first-order valence-corrected chi connectivity index (χ1v) is 11.3. The van der Waals surface area contributed by atoms with Crippen molar-refractivity contribution in [3.05, 3.63) is 71.4 Å². The van der Waals surface area contributed by atoms with E-state index in [4.69, 9.17) is 9.15 Å². The second-order valence-electron chi connectivity index (χ2n) is 6.72. The summed E-state index contributed by atoms with van der Waals surface area (Å²) in [4.78, 5) is 17.0. The molecule has 1 atom stereocenters. The monoisotopic (exact) mass is 452 g/mol. The van der Waals surface area contributed by atoms with E-state index in [9.17, 15) is 4.79 Å². The maximum absolute atomic E-state index is 12.5. The predicted molar refractivity (Wildman–Crippen MR) is 121 cm³/mol. The van der Waals surface area contributed by atoms with Crippen molar-refractivity contribution in [1.82, 2.24) is 15.2 Å². The molecular formula is C22H20N4O3S2. The van der Waals surface area contributed by atoms with Crippen molar-refractivity contribution in [1.29, 1.82) is 0 Å². The number of hydrogen-bond acceptors (Lipinski definition) is 8. The normalized spacial score (nSPS) is 11.8. The quantitative estimate of drug-likeness (QED) is 0.368. The van der Waals surface area contributed by atoms with E-state index in [1.165, 1.54) is 23.1 Å². The van der Waals surface area contributed by atoms with E-state index in [-0.39, 0.29) is 12.5 Å². The molecule has 2 heterocycles. The Labute approximate surface area is 187 Å². The summed E-state index contributed by atoms with van der Waals surface area (Å²) in [5.74, 6) is 0.900. The molecule has 0 aliphatic carbocycles. The van der Waals surface area contributed by atoms with Gasteiger partial charge in [0.15, 0.2) is 11.7 Å². The van der Waals surface area contributed by atoms with Crippen LogP contribution in [0, 0.1) is 6.92 Å². The van der Waals surface area contributed by atoms with Crippen LogP contribution in [0.25, 0.3) is 11.3 Å². The molecule has 31 heavy (non-hydrogen) atoms. The van der Waals surface area contributed by atoms with Crippen LogP contribution < -0.4 is 10.1 Å². The maximum Gasteiger partial charge on any atom is 0.277 e. The van der Waals surface area contributed by atoms with Crippen LogP contribution in [0.1, 0.15) is 18.4 Å². The van der Waals surface area contributed by atoms with Crippen molar-refractivity contribution >= 4 is 34.1 Å². The summed E-state index contributed by atoms with van der Waals surface area (Å²) in [6, 6.07) is 17.5. The van der Waals surface area contributed by atoms with Crippen molar-refractivity contribution in [3.8, 4) is 17.0 Å². The largest absolute Gasteiger partial charge is 0.484 e. The molecule has 4 aromatic rings. The van der Waals surface area contributed by atoms with Gasteiger partial charge in [0.2, 0.25) is 5.91 Å². The second kappa shape index (κ2) is 9.76. The summed E-state index contributed by atoms with van der Waals surface area (Å²) in [6.07, 6.45) is 0. The molecule has 9 heteroatoms. The summed E-state index contributed by atoms with van der Waals surface area (Å²) >= 11 is 2.57. The molecule has 0 bridgehead atoms. The first kappa shape index (κ1) is 21.1. The third-order valence-electron chi connectivity index (χ3n) is 4.25. The first-order valence-electron chi connectivity index (χ1n) is 9.57. The van der Waals surface area contributed by atoms with Crippen LogP contribution in [0.5, 0.6) is 5.75 Å². The molecule has 0 aliphatic rings. The Hall–Kier alpha value is -3.17. The zero-order valence-electron chi connectivity index (χ0n) is 16.9. The average molecular weight is 453 g/mol. The van der Waals surface area contributed by atoms with Gasteiger partial charge in [0, 0.05) is 10.9 Å². The van der Waals surface area contributed by atoms with E-state index in [1.54, 1.807) is 6.92 Å². The molecule has 0 saturated carbocycles. The minimum atomic E-state index is -0.435. The fourth-order valence-electron chi connectivity index (χ4n) is 2.68. The first-order chi connectivity index (χ1) is 15.1. The number of nitrogens with one attached hydrogen (secondary N) is 1. The number of aryl methyl sites for hydroxylation is 1. The van der Waals surface area contributed by atoms with E-state index in [2.05, 4.69) is 20.5 Å². The Morgan fingerprint density at radius 2 is 2.03 bits per heavy atom. The minimum absolute atomic E-state index is 0.166. The van der Waals surface area contributed by atoms with Gasteiger partial charge in [0.05, 0.1) is 10.9 Å². The smallest absolute Gasteiger partial charge is 0.277 e. The number of ether oxygens (including phenoxy) is 1. The molecule has 0 fully saturated rings. The highest BCUT2D eigenvalue weighted by Crippen LogP contribution is 2.27. The number of nitrogens with zero attached hydrogens (tertiary/aromatic N) is 3. The fourth-order valence-corrected chi connectivity index (χ4v) is 4.10. The molecule has 0 aliphatic heterocycles. The molecular weight excluding hydrogens is 432 g/mol. The molecule has 2 aromatic heterocycles. The van der Waals surface area contributed by atoms with Gasteiger partial charge < -0.3 is 14.5 Å². The highest BCUT2D eigenvalue weighted by Gasteiger charge is 2.20. The number of carbonyl (C=O) groups excluding carboxylic acids is 1. The van der Waals surface area contributed by atoms with Crippen molar-refractivity contribution in [2.45, 2.75) is 30.9 Å². The lowest BCUT2D eigenvalue weighted by Crippen LogP contribution is -2.22. The van der Waals surface area contributed by atoms with Crippen LogP contribution in [-0.4, -0.2) is 26.3 Å². The Morgan fingerprint density at radius 3 is 2.84 bits per heavy atom. The standard InChI is InChI=1S/C22H20N4O3S2/c1-14-7-6-10-17(11-14)28-12-19-25-26-22(29-19)31-15(2)20(27)24-21-23-18(13-30-21)16-8-4-3-5-9-16/h3-11,13,15H,12H2,1-2H3,(H,23,24,27). The highest BCUT2D eigenvalue weighted by molar-refractivity contribution is 8.00. The van der Waals surface area contributed by atoms with Crippen LogP contribution in [0.3, 0.4) is 0 Å². The number of rotatable bonds is 8. The summed E-state index contributed by atoms with van der Waals surface area (Å²) in [6.45, 7) is 3.94. The number of thiazole rings is 1. The molecule has 2 aromatic carbocycles. The van der Waals surface area contributed by atoms with Crippen LogP contribution >= 0.6 is 23.1 Å². The summed E-state index contributed by atoms with van der Waals surface area (Å²) in [5.41, 5.74) is 2.94. The van der Waals surface area contributed by atoms with Gasteiger partial charge in [-0.15, -0.1) is 21.5 Å². The van der Waals surface area contributed by atoms with Crippen molar-refractivity contribution < 1.29 is 13.9 Å². The molecule has 0 radical (unpaired) electrons. The summed E-state index contributed by atoms with van der Waals surface area (Å²) in [7, 11) is 0. The Kier molecular flexibility index (Phi) is 6.63. The molecule has 1 unspecified atom stereocenters. The topological polar surface area (TPSA) is 90.1 Å². The zero-order valence-corrected chi connectivity index (χ0v) is 18.6. The van der Waals surface area contributed by atoms with Crippen LogP contribution in [0.15, 0.2) is 69.6 Å². The lowest BCUT2D eigenvalue weighted by atomic mass is 10.2. The molecule has 4 rings (SSSR count). The molecule has 7 nitrogen and oxygen atoms in total. The Balaban J connectivity index is 1.30. The van der Waals surface area contributed by atoms with Crippen molar-refractivity contribution in [2.24, 2.45) is 0 Å². The fraction of sp³-hybridized carbons (Fsp3) is 0.182. The Bertz CT molecular complexity index is 1160. The van der Waals surface area contributed by atoms with Gasteiger partial charge in [0.1, 0.15) is 5.75 Å². The van der Waals surface area contributed by atoms with Crippen molar-refractivity contribution in [3.63, 3.8) is 0 Å². The van der Waals surface area contributed by atoms with Crippen LogP contribution in [-0.2, 0) is 11.4 Å². The molecule has 1 N–H and O–H groups in total. The number of carbonyl (C=O) groups is 1. The molecule has 1 amide bonds. The zero-order chi connectivity index (χ0) is 21.6. The molecule has 158 valence electrons. The lowest BCUT2D eigenvalue weighted by molar-refractivity contribution is -0.115. The highest BCUT2D eigenvalue weighted by atomic mass is 32.2. The SMILES string of the molecule is Cc1cccc(OCc2nnc(SC(C)C(=O)Nc3nc(-c4ccccc4)cs3)o2)c1. The van der Waals surface area contributed by atoms with Gasteiger partial charge >= 0.3 is 0 Å². The van der Waals surface area contributed by atoms with Gasteiger partial charge in [-0.25, -0.2) is 4.98 Å².